The summed E-state index contributed by atoms with van der Waals surface area (Å²) in [4.78, 5) is 15.5. The Balaban J connectivity index is -0.0000000628. The molecule has 0 aromatic rings. The van der Waals surface area contributed by atoms with E-state index in [9.17, 15) is 0 Å². The molecule has 0 radical (unpaired) electrons. The fourth-order valence-electron chi connectivity index (χ4n) is 2.26. The Morgan fingerprint density at radius 2 is 1.04 bits per heavy atom. The summed E-state index contributed by atoms with van der Waals surface area (Å²) < 4.78 is 0. The number of hydrogen-bond donors (Lipinski definition) is 0. The topological polar surface area (TPSA) is 34.1 Å². The molecule has 158 valence electrons. The van der Waals surface area contributed by atoms with Gasteiger partial charge in [0.05, 0.1) is 8.07 Å². The summed E-state index contributed by atoms with van der Waals surface area (Å²) in [5.41, 5.74) is 1.61. The summed E-state index contributed by atoms with van der Waals surface area (Å²) in [6, 6.07) is 0. The maximum atomic E-state index is 7.75. The summed E-state index contributed by atoms with van der Waals surface area (Å²) >= 11 is 0. The number of carbonyl (C=O) groups excluding carboxylic acids is 2. The molecule has 0 atom stereocenters. The third-order valence-corrected chi connectivity index (χ3v) is 12.5. The molecular weight excluding hydrogens is 420 g/mol. The van der Waals surface area contributed by atoms with Crippen molar-refractivity contribution in [2.75, 3.05) is 0 Å². The van der Waals surface area contributed by atoms with Gasteiger partial charge in [-0.1, -0.05) is 94.2 Å². The van der Waals surface area contributed by atoms with Crippen LogP contribution in [0.15, 0.2) is 0 Å². The van der Waals surface area contributed by atoms with Crippen molar-refractivity contribution < 1.29 is 30.7 Å². The van der Waals surface area contributed by atoms with Gasteiger partial charge in [0.25, 0.3) is 0 Å². The first-order valence-electron chi connectivity index (χ1n) is 8.77. The van der Waals surface area contributed by atoms with Gasteiger partial charge in [0.2, 0.25) is 0 Å². The molecular formula is C22H48MoO2Si. The van der Waals surface area contributed by atoms with Crippen LogP contribution < -0.4 is 0 Å². The Hall–Kier alpha value is 0.245. The van der Waals surface area contributed by atoms with Crippen molar-refractivity contribution in [2.45, 2.75) is 105 Å². The van der Waals surface area contributed by atoms with E-state index in [4.69, 9.17) is 9.59 Å². The molecule has 1 fully saturated rings. The zero-order valence-corrected chi connectivity index (χ0v) is 22.9. The van der Waals surface area contributed by atoms with Crippen LogP contribution in [0.4, 0.5) is 0 Å². The van der Waals surface area contributed by atoms with E-state index in [2.05, 4.69) is 82.1 Å². The maximum absolute atomic E-state index is 7.75. The standard InChI is InChI=1S/C11H24Si.C7H16.2CHO.2CH3.Mo/c1-11(2,3)12(4,5)10-8-6-7-9-10;1-6(2)7(3,4)5;2*1-2;;;/h10H,6-9H2,1-5H3;6H,1-5H3;2*1H;2*1H3;/q;;4*-1;+4. The van der Waals surface area contributed by atoms with Crippen LogP contribution in [0.2, 0.25) is 23.7 Å². The summed E-state index contributed by atoms with van der Waals surface area (Å²) in [5.74, 6) is 0.799. The Morgan fingerprint density at radius 1 is 0.808 bits per heavy atom. The number of rotatable bonds is 1. The molecule has 1 aliphatic rings. The smallest absolute Gasteiger partial charge is 0.545 e. The van der Waals surface area contributed by atoms with E-state index in [1.807, 2.05) is 0 Å². The summed E-state index contributed by atoms with van der Waals surface area (Å²) in [7, 11) is -0.972. The van der Waals surface area contributed by atoms with Crippen LogP contribution in [0.25, 0.3) is 0 Å². The van der Waals surface area contributed by atoms with Crippen LogP contribution in [0.5, 0.6) is 0 Å². The van der Waals surface area contributed by atoms with Gasteiger partial charge in [-0.15, -0.1) is 0 Å². The second kappa shape index (κ2) is 18.6. The van der Waals surface area contributed by atoms with Crippen molar-refractivity contribution in [1.29, 1.82) is 0 Å². The van der Waals surface area contributed by atoms with E-state index in [1.165, 1.54) is 25.7 Å². The molecule has 0 bridgehead atoms. The molecule has 1 saturated carbocycles. The van der Waals surface area contributed by atoms with E-state index in [0.717, 1.165) is 11.5 Å². The molecule has 0 N–H and O–H groups in total. The van der Waals surface area contributed by atoms with Gasteiger partial charge in [-0.2, -0.15) is 0 Å². The van der Waals surface area contributed by atoms with Crippen molar-refractivity contribution in [2.24, 2.45) is 11.3 Å². The Labute approximate surface area is 183 Å². The Kier molecular flexibility index (Phi) is 29.2. The molecule has 1 aliphatic carbocycles. The van der Waals surface area contributed by atoms with Crippen molar-refractivity contribution in [3.63, 3.8) is 0 Å². The van der Waals surface area contributed by atoms with Crippen molar-refractivity contribution >= 4 is 21.7 Å². The van der Waals surface area contributed by atoms with Gasteiger partial charge >= 0.3 is 21.1 Å². The van der Waals surface area contributed by atoms with Crippen LogP contribution in [0.3, 0.4) is 0 Å². The second-order valence-electron chi connectivity index (χ2n) is 9.47. The van der Waals surface area contributed by atoms with Crippen LogP contribution >= 0.6 is 0 Å². The third kappa shape index (κ3) is 16.4. The largest absolute Gasteiger partial charge is 4.00 e. The average molecular weight is 469 g/mol. The van der Waals surface area contributed by atoms with Crippen LogP contribution in [0, 0.1) is 26.2 Å². The third-order valence-electron chi connectivity index (χ3n) is 6.04. The molecule has 26 heavy (non-hydrogen) atoms. The van der Waals surface area contributed by atoms with Gasteiger partial charge in [0.15, 0.2) is 0 Å². The van der Waals surface area contributed by atoms with Gasteiger partial charge in [0, 0.05) is 0 Å². The fraction of sp³-hybridized carbons (Fsp3) is 0.818. The molecule has 0 heterocycles. The molecule has 0 aromatic carbocycles. The Bertz CT molecular complexity index is 283. The van der Waals surface area contributed by atoms with Gasteiger partial charge in [-0.25, -0.2) is 0 Å². The zero-order valence-electron chi connectivity index (χ0n) is 19.9. The second-order valence-corrected chi connectivity index (χ2v) is 15.2. The first-order valence-corrected chi connectivity index (χ1v) is 11.8. The van der Waals surface area contributed by atoms with E-state index >= 15 is 0 Å². The van der Waals surface area contributed by atoms with E-state index in [-0.39, 0.29) is 35.9 Å². The monoisotopic (exact) mass is 470 g/mol. The molecule has 1 rings (SSSR count). The van der Waals surface area contributed by atoms with Crippen LogP contribution in [-0.4, -0.2) is 21.7 Å². The molecule has 0 aromatic heterocycles. The van der Waals surface area contributed by atoms with E-state index in [0.29, 0.717) is 10.5 Å². The first kappa shape index (κ1) is 40.8. The molecule has 0 amide bonds. The molecule has 2 nitrogen and oxygen atoms in total. The first-order chi connectivity index (χ1) is 10.3. The van der Waals surface area contributed by atoms with E-state index in [1.54, 1.807) is 0 Å². The minimum Gasteiger partial charge on any atom is -0.545 e. The molecule has 4 heteroatoms. The maximum Gasteiger partial charge on any atom is 4.00 e. The quantitative estimate of drug-likeness (QED) is 0.227. The minimum absolute atomic E-state index is 0. The molecule has 0 aliphatic heterocycles. The zero-order chi connectivity index (χ0) is 19.5. The van der Waals surface area contributed by atoms with E-state index < -0.39 is 8.07 Å². The fourth-order valence-corrected chi connectivity index (χ4v) is 5.34. The van der Waals surface area contributed by atoms with Crippen molar-refractivity contribution in [3.05, 3.63) is 14.9 Å². The predicted octanol–water partition coefficient (Wildman–Crippen LogP) is 7.48. The summed E-state index contributed by atoms with van der Waals surface area (Å²) in [6.07, 6.45) is 6.04. The van der Waals surface area contributed by atoms with Gasteiger partial charge in [0.1, 0.15) is 0 Å². The predicted molar refractivity (Wildman–Crippen MR) is 120 cm³/mol. The summed E-state index contributed by atoms with van der Waals surface area (Å²) in [5, 5.41) is 0.599. The SMILES string of the molecule is CC(C)(C)[Si](C)(C)C1CCCC1.CC(C)C(C)(C)C.[CH-]=O.[CH-]=O.[CH3-].[CH3-].[Mo+4]. The van der Waals surface area contributed by atoms with Gasteiger partial charge < -0.3 is 24.4 Å². The van der Waals surface area contributed by atoms with Crippen LogP contribution in [-0.2, 0) is 30.7 Å². The van der Waals surface area contributed by atoms with Crippen molar-refractivity contribution in [3.8, 4) is 0 Å². The Morgan fingerprint density at radius 3 is 1.19 bits per heavy atom. The minimum atomic E-state index is -0.972. The normalized spacial score (nSPS) is 13.8. The van der Waals surface area contributed by atoms with Gasteiger partial charge in [-0.05, 0) is 21.9 Å². The van der Waals surface area contributed by atoms with Crippen LogP contribution in [0.1, 0.15) is 81.1 Å². The summed E-state index contributed by atoms with van der Waals surface area (Å²) in [6.45, 7) is 30.3. The van der Waals surface area contributed by atoms with Crippen molar-refractivity contribution in [1.82, 2.24) is 0 Å². The molecule has 0 saturated heterocycles. The average Bonchev–Trinajstić information content (AvgIpc) is 2.96. The number of hydrogen-bond acceptors (Lipinski definition) is 2. The molecule has 0 spiro atoms. The van der Waals surface area contributed by atoms with Gasteiger partial charge in [-0.3, -0.25) is 13.6 Å². The molecule has 0 unspecified atom stereocenters.